The zero-order valence-electron chi connectivity index (χ0n) is 10.1. The third-order valence-electron chi connectivity index (χ3n) is 3.56. The molecule has 0 atom stereocenters. The van der Waals surface area contributed by atoms with Gasteiger partial charge in [-0.25, -0.2) is 0 Å². The number of fused-ring (bicyclic) bond motifs is 1. The highest BCUT2D eigenvalue weighted by Gasteiger charge is 2.24. The summed E-state index contributed by atoms with van der Waals surface area (Å²) in [6, 6.07) is 6.14. The van der Waals surface area contributed by atoms with Crippen molar-refractivity contribution in [2.24, 2.45) is 0 Å². The quantitative estimate of drug-likeness (QED) is 0.825. The van der Waals surface area contributed by atoms with Crippen LogP contribution < -0.4 is 5.32 Å². The van der Waals surface area contributed by atoms with Crippen molar-refractivity contribution in [2.75, 3.05) is 7.05 Å². The maximum atomic E-state index is 6.19. The summed E-state index contributed by atoms with van der Waals surface area (Å²) < 4.78 is 0. The molecule has 0 saturated heterocycles. The third kappa shape index (κ3) is 2.02. The maximum Gasteiger partial charge on any atom is 0.0444 e. The summed E-state index contributed by atoms with van der Waals surface area (Å²) in [5.41, 5.74) is 4.08. The Morgan fingerprint density at radius 3 is 2.69 bits per heavy atom. The molecule has 0 fully saturated rings. The van der Waals surface area contributed by atoms with Gasteiger partial charge >= 0.3 is 0 Å². The first kappa shape index (κ1) is 11.7. The Kier molecular flexibility index (Phi) is 3.09. The Labute approximate surface area is 103 Å². The van der Waals surface area contributed by atoms with Crippen molar-refractivity contribution >= 4 is 17.7 Å². The lowest BCUT2D eigenvalue weighted by Gasteiger charge is -2.31. The van der Waals surface area contributed by atoms with E-state index in [0.717, 1.165) is 17.9 Å². The van der Waals surface area contributed by atoms with Crippen molar-refractivity contribution in [1.29, 1.82) is 0 Å². The fourth-order valence-corrected chi connectivity index (χ4v) is 2.42. The molecule has 1 N–H and O–H groups in total. The summed E-state index contributed by atoms with van der Waals surface area (Å²) in [5, 5.41) is 4.25. The Balaban J connectivity index is 2.43. The van der Waals surface area contributed by atoms with Crippen LogP contribution >= 0.6 is 11.6 Å². The first-order chi connectivity index (χ1) is 7.54. The number of nitrogens with one attached hydrogen (secondary N) is 1. The van der Waals surface area contributed by atoms with Crippen LogP contribution in [0.1, 0.15) is 31.4 Å². The molecule has 0 aromatic heterocycles. The van der Waals surface area contributed by atoms with Gasteiger partial charge < -0.3 is 5.32 Å². The molecule has 1 aromatic rings. The standard InChI is InChI=1S/C14H18ClN/c1-14(2,16-3)11-7-8-12-10(9-11)5-4-6-13(12)15/h4-6,9,16H,7-8H2,1-3H3. The van der Waals surface area contributed by atoms with E-state index in [-0.39, 0.29) is 5.54 Å². The van der Waals surface area contributed by atoms with Crippen LogP contribution in [0.15, 0.2) is 23.8 Å². The number of rotatable bonds is 2. The lowest BCUT2D eigenvalue weighted by Crippen LogP contribution is -2.38. The van der Waals surface area contributed by atoms with Crippen molar-refractivity contribution in [1.82, 2.24) is 5.32 Å². The molecule has 0 saturated carbocycles. The summed E-state index contributed by atoms with van der Waals surface area (Å²) in [7, 11) is 2.01. The lowest BCUT2D eigenvalue weighted by atomic mass is 9.83. The molecule has 2 rings (SSSR count). The van der Waals surface area contributed by atoms with E-state index < -0.39 is 0 Å². The van der Waals surface area contributed by atoms with Gasteiger partial charge in [-0.3, -0.25) is 0 Å². The average Bonchev–Trinajstić information content (AvgIpc) is 2.29. The Morgan fingerprint density at radius 2 is 2.00 bits per heavy atom. The highest BCUT2D eigenvalue weighted by atomic mass is 35.5. The number of halogens is 1. The Hall–Kier alpha value is -0.790. The minimum Gasteiger partial charge on any atom is -0.311 e. The van der Waals surface area contributed by atoms with Crippen molar-refractivity contribution in [3.05, 3.63) is 39.9 Å². The van der Waals surface area contributed by atoms with Crippen molar-refractivity contribution in [2.45, 2.75) is 32.2 Å². The van der Waals surface area contributed by atoms with Crippen LogP contribution in [0.4, 0.5) is 0 Å². The number of likely N-dealkylation sites (N-methyl/N-ethyl adjacent to an activating group) is 1. The van der Waals surface area contributed by atoms with Crippen LogP contribution in [0.2, 0.25) is 5.02 Å². The van der Waals surface area contributed by atoms with E-state index in [9.17, 15) is 0 Å². The van der Waals surface area contributed by atoms with E-state index in [1.807, 2.05) is 19.2 Å². The molecule has 1 aliphatic rings. The topological polar surface area (TPSA) is 12.0 Å². The Bertz CT molecular complexity index is 432. The first-order valence-corrected chi connectivity index (χ1v) is 6.10. The van der Waals surface area contributed by atoms with Crippen LogP contribution in [0.5, 0.6) is 0 Å². The van der Waals surface area contributed by atoms with Gasteiger partial charge in [-0.1, -0.05) is 29.8 Å². The zero-order chi connectivity index (χ0) is 11.8. The normalized spacial score (nSPS) is 15.6. The second-order valence-electron chi connectivity index (χ2n) is 4.85. The molecule has 0 heterocycles. The van der Waals surface area contributed by atoms with E-state index in [2.05, 4.69) is 31.3 Å². The van der Waals surface area contributed by atoms with E-state index in [4.69, 9.17) is 11.6 Å². The smallest absolute Gasteiger partial charge is 0.0444 e. The molecule has 1 nitrogen and oxygen atoms in total. The molecule has 0 aliphatic heterocycles. The fraction of sp³-hybridized carbons (Fsp3) is 0.429. The summed E-state index contributed by atoms with van der Waals surface area (Å²) in [4.78, 5) is 0. The van der Waals surface area contributed by atoms with E-state index in [0.29, 0.717) is 0 Å². The third-order valence-corrected chi connectivity index (χ3v) is 3.91. The minimum atomic E-state index is 0.0695. The summed E-state index contributed by atoms with van der Waals surface area (Å²) >= 11 is 6.19. The average molecular weight is 236 g/mol. The van der Waals surface area contributed by atoms with Gasteiger partial charge in [0.1, 0.15) is 0 Å². The van der Waals surface area contributed by atoms with Gasteiger partial charge in [0.05, 0.1) is 0 Å². The van der Waals surface area contributed by atoms with Crippen molar-refractivity contribution in [3.63, 3.8) is 0 Å². The maximum absolute atomic E-state index is 6.19. The molecule has 1 aliphatic carbocycles. The van der Waals surface area contributed by atoms with Gasteiger partial charge in [-0.05, 0) is 56.5 Å². The van der Waals surface area contributed by atoms with E-state index in [1.165, 1.54) is 16.7 Å². The van der Waals surface area contributed by atoms with Gasteiger partial charge in [0.2, 0.25) is 0 Å². The van der Waals surface area contributed by atoms with Gasteiger partial charge in [0.15, 0.2) is 0 Å². The second kappa shape index (κ2) is 4.23. The van der Waals surface area contributed by atoms with Crippen LogP contribution in [0.25, 0.3) is 6.08 Å². The van der Waals surface area contributed by atoms with E-state index in [1.54, 1.807) is 0 Å². The molecule has 86 valence electrons. The lowest BCUT2D eigenvalue weighted by molar-refractivity contribution is 0.481. The summed E-state index contributed by atoms with van der Waals surface area (Å²) in [6.45, 7) is 4.43. The van der Waals surface area contributed by atoms with Gasteiger partial charge in [0.25, 0.3) is 0 Å². The van der Waals surface area contributed by atoms with Crippen LogP contribution in [0.3, 0.4) is 0 Å². The van der Waals surface area contributed by atoms with Gasteiger partial charge in [0, 0.05) is 10.6 Å². The number of hydrogen-bond acceptors (Lipinski definition) is 1. The minimum absolute atomic E-state index is 0.0695. The number of hydrogen-bond donors (Lipinski definition) is 1. The van der Waals surface area contributed by atoms with Crippen LogP contribution in [-0.4, -0.2) is 12.6 Å². The summed E-state index contributed by atoms with van der Waals surface area (Å²) in [5.74, 6) is 0. The Morgan fingerprint density at radius 1 is 1.25 bits per heavy atom. The number of benzene rings is 1. The molecule has 0 radical (unpaired) electrons. The van der Waals surface area contributed by atoms with E-state index >= 15 is 0 Å². The highest BCUT2D eigenvalue weighted by molar-refractivity contribution is 6.31. The van der Waals surface area contributed by atoms with Crippen molar-refractivity contribution in [3.8, 4) is 0 Å². The molecule has 0 spiro atoms. The van der Waals surface area contributed by atoms with Crippen molar-refractivity contribution < 1.29 is 0 Å². The molecule has 1 aromatic carbocycles. The molecule has 0 amide bonds. The summed E-state index contributed by atoms with van der Waals surface area (Å²) in [6.07, 6.45) is 4.41. The van der Waals surface area contributed by atoms with Gasteiger partial charge in [-0.2, -0.15) is 0 Å². The molecule has 0 bridgehead atoms. The van der Waals surface area contributed by atoms with Crippen LogP contribution in [0, 0.1) is 0 Å². The molecule has 16 heavy (non-hydrogen) atoms. The highest BCUT2D eigenvalue weighted by Crippen LogP contribution is 2.33. The largest absolute Gasteiger partial charge is 0.311 e. The predicted molar refractivity (Wildman–Crippen MR) is 70.9 cm³/mol. The molecular formula is C14H18ClN. The SMILES string of the molecule is CNC(C)(C)C1=Cc2cccc(Cl)c2CC1. The first-order valence-electron chi connectivity index (χ1n) is 5.72. The molecule has 0 unspecified atom stereocenters. The fourth-order valence-electron chi connectivity index (χ4n) is 2.15. The molecular weight excluding hydrogens is 218 g/mol. The second-order valence-corrected chi connectivity index (χ2v) is 5.26. The predicted octanol–water partition coefficient (Wildman–Crippen LogP) is 3.67. The van der Waals surface area contributed by atoms with Crippen LogP contribution in [-0.2, 0) is 6.42 Å². The monoisotopic (exact) mass is 235 g/mol. The molecule has 2 heteroatoms. The van der Waals surface area contributed by atoms with Gasteiger partial charge in [-0.15, -0.1) is 0 Å². The zero-order valence-corrected chi connectivity index (χ0v) is 10.9.